The minimum absolute atomic E-state index is 0.0141. The zero-order valence-electron chi connectivity index (χ0n) is 38.9. The van der Waals surface area contributed by atoms with Crippen LogP contribution in [0.15, 0.2) is 47.5 Å². The van der Waals surface area contributed by atoms with Crippen molar-refractivity contribution in [1.82, 2.24) is 0 Å². The van der Waals surface area contributed by atoms with Crippen molar-refractivity contribution in [2.75, 3.05) is 14.2 Å². The molecule has 7 heteroatoms. The fourth-order valence-electron chi connectivity index (χ4n) is 8.23. The highest BCUT2D eigenvalue weighted by molar-refractivity contribution is 6.14. The Kier molecular flexibility index (Phi) is 27.7. The van der Waals surface area contributed by atoms with Crippen molar-refractivity contribution in [3.8, 4) is 23.0 Å². The molecule has 1 aliphatic carbocycles. The predicted molar refractivity (Wildman–Crippen MR) is 253 cm³/mol. The van der Waals surface area contributed by atoms with Crippen LogP contribution in [-0.4, -0.2) is 31.9 Å². The van der Waals surface area contributed by atoms with Crippen LogP contribution in [0.1, 0.15) is 224 Å². The molecule has 0 amide bonds. The van der Waals surface area contributed by atoms with Gasteiger partial charge in [0.1, 0.15) is 0 Å². The number of carbonyl (C=O) groups excluding carboxylic acids is 3. The van der Waals surface area contributed by atoms with Gasteiger partial charge in [-0.05, 0) is 79.6 Å². The van der Waals surface area contributed by atoms with Gasteiger partial charge in [0.05, 0.1) is 14.2 Å². The van der Waals surface area contributed by atoms with E-state index in [0.717, 1.165) is 56.1 Å². The number of unbranched alkanes of at least 4 members (excludes halogenated alkanes) is 24. The molecule has 1 fully saturated rings. The van der Waals surface area contributed by atoms with Gasteiger partial charge in [0.25, 0.3) is 0 Å². The van der Waals surface area contributed by atoms with E-state index in [1.165, 1.54) is 128 Å². The molecule has 61 heavy (non-hydrogen) atoms. The molecule has 0 saturated heterocycles. The highest BCUT2D eigenvalue weighted by Gasteiger charge is 2.22. The topological polar surface area (TPSA) is 88.1 Å². The quantitative estimate of drug-likeness (QED) is 0.0300. The Bertz CT molecular complexity index is 1490. The van der Waals surface area contributed by atoms with Crippen molar-refractivity contribution < 1.29 is 33.3 Å². The number of carbonyl (C=O) groups is 3. The minimum atomic E-state index is -0.269. The maximum absolute atomic E-state index is 13.8. The maximum atomic E-state index is 13.8. The van der Waals surface area contributed by atoms with E-state index in [4.69, 9.17) is 18.9 Å². The molecule has 0 aliphatic heterocycles. The molecule has 340 valence electrons. The summed E-state index contributed by atoms with van der Waals surface area (Å²) in [5.74, 6) is 1.15. The molecule has 2 aromatic rings. The van der Waals surface area contributed by atoms with Crippen LogP contribution in [0.5, 0.6) is 23.0 Å². The first-order chi connectivity index (χ1) is 29.9. The third kappa shape index (κ3) is 22.2. The minimum Gasteiger partial charge on any atom is -0.493 e. The molecular weight excluding hydrogens is 761 g/mol. The van der Waals surface area contributed by atoms with E-state index >= 15 is 0 Å². The number of hydrogen-bond acceptors (Lipinski definition) is 7. The Balaban J connectivity index is 1.45. The smallest absolute Gasteiger partial charge is 0.311 e. The molecule has 2 aromatic carbocycles. The second kappa shape index (κ2) is 32.8. The third-order valence-electron chi connectivity index (χ3n) is 11.9. The number of esters is 2. The lowest BCUT2D eigenvalue weighted by Crippen LogP contribution is -2.12. The summed E-state index contributed by atoms with van der Waals surface area (Å²) in [6.45, 7) is 4.52. The summed E-state index contributed by atoms with van der Waals surface area (Å²) in [5, 5.41) is 0. The van der Waals surface area contributed by atoms with Gasteiger partial charge in [0.2, 0.25) is 0 Å². The number of hydrogen-bond donors (Lipinski definition) is 0. The lowest BCUT2D eigenvalue weighted by Gasteiger charge is -2.17. The van der Waals surface area contributed by atoms with Crippen LogP contribution < -0.4 is 18.9 Å². The van der Waals surface area contributed by atoms with Gasteiger partial charge < -0.3 is 18.9 Å². The number of allylic oxidation sites excluding steroid dienone is 2. The van der Waals surface area contributed by atoms with E-state index in [1.54, 1.807) is 38.5 Å². The molecule has 0 bridgehead atoms. The van der Waals surface area contributed by atoms with Crippen LogP contribution in [-0.2, 0) is 14.4 Å². The van der Waals surface area contributed by atoms with E-state index in [9.17, 15) is 14.4 Å². The second-order valence-corrected chi connectivity index (χ2v) is 17.3. The molecular formula is C54H82O7. The molecule has 1 saturated carbocycles. The largest absolute Gasteiger partial charge is 0.493 e. The lowest BCUT2D eigenvalue weighted by atomic mass is 9.87. The van der Waals surface area contributed by atoms with Gasteiger partial charge in [-0.2, -0.15) is 0 Å². The zero-order valence-corrected chi connectivity index (χ0v) is 38.9. The molecule has 0 unspecified atom stereocenters. The maximum Gasteiger partial charge on any atom is 0.311 e. The van der Waals surface area contributed by atoms with Gasteiger partial charge in [-0.25, -0.2) is 0 Å². The van der Waals surface area contributed by atoms with Crippen LogP contribution in [0, 0.1) is 0 Å². The standard InChI is InChI=1S/C54H82O7/c1-5-7-9-11-13-15-17-19-21-23-25-27-29-34-52(55)60-50-42-44(36-38-48(50)58-3)40-46-32-31-33-47(54(46)57)41-45-37-39-49(59-4)51(43-45)61-53(56)35-30-28-26-24-22-20-18-16-14-12-10-8-6-2/h36-43H,5-35H2,1-4H3/b46-40+,47-41+. The van der Waals surface area contributed by atoms with E-state index < -0.39 is 0 Å². The van der Waals surface area contributed by atoms with Crippen LogP contribution in [0.4, 0.5) is 0 Å². The summed E-state index contributed by atoms with van der Waals surface area (Å²) in [5.41, 5.74) is 2.95. The summed E-state index contributed by atoms with van der Waals surface area (Å²) < 4.78 is 22.6. The molecule has 0 heterocycles. The Labute approximate surface area is 370 Å². The van der Waals surface area contributed by atoms with Gasteiger partial charge >= 0.3 is 11.9 Å². The van der Waals surface area contributed by atoms with Gasteiger partial charge in [0.15, 0.2) is 28.8 Å². The lowest BCUT2D eigenvalue weighted by molar-refractivity contribution is -0.135. The third-order valence-corrected chi connectivity index (χ3v) is 11.9. The van der Waals surface area contributed by atoms with Gasteiger partial charge in [-0.3, -0.25) is 14.4 Å². The molecule has 7 nitrogen and oxygen atoms in total. The molecule has 1 aliphatic rings. The van der Waals surface area contributed by atoms with Crippen molar-refractivity contribution in [3.05, 3.63) is 58.7 Å². The highest BCUT2D eigenvalue weighted by Crippen LogP contribution is 2.34. The van der Waals surface area contributed by atoms with E-state index in [-0.39, 0.29) is 17.7 Å². The van der Waals surface area contributed by atoms with Crippen LogP contribution in [0.2, 0.25) is 0 Å². The first-order valence-corrected chi connectivity index (χ1v) is 24.6. The molecule has 0 atom stereocenters. The Hall–Kier alpha value is -3.87. The number of ether oxygens (including phenoxy) is 4. The van der Waals surface area contributed by atoms with Crippen molar-refractivity contribution in [1.29, 1.82) is 0 Å². The number of rotatable bonds is 34. The molecule has 3 rings (SSSR count). The zero-order chi connectivity index (χ0) is 43.8. The van der Waals surface area contributed by atoms with Gasteiger partial charge in [-0.15, -0.1) is 0 Å². The van der Waals surface area contributed by atoms with Crippen LogP contribution in [0.25, 0.3) is 12.2 Å². The summed E-state index contributed by atoms with van der Waals surface area (Å²) in [6.07, 6.45) is 39.2. The number of ketones is 1. The Morgan fingerprint density at radius 2 is 0.770 bits per heavy atom. The van der Waals surface area contributed by atoms with Gasteiger partial charge in [0, 0.05) is 24.0 Å². The van der Waals surface area contributed by atoms with Crippen molar-refractivity contribution in [2.45, 2.75) is 213 Å². The van der Waals surface area contributed by atoms with Crippen LogP contribution >= 0.6 is 0 Å². The molecule has 0 N–H and O–H groups in total. The number of Topliss-reactive ketones (excluding diaryl/α,β-unsaturated/α-hetero) is 1. The normalized spacial score (nSPS) is 14.1. The van der Waals surface area contributed by atoms with Crippen molar-refractivity contribution in [2.24, 2.45) is 0 Å². The summed E-state index contributed by atoms with van der Waals surface area (Å²) in [7, 11) is 3.12. The van der Waals surface area contributed by atoms with Gasteiger partial charge in [-0.1, -0.05) is 180 Å². The first kappa shape index (κ1) is 51.5. The number of methoxy groups -OCH3 is 2. The Morgan fingerprint density at radius 1 is 0.459 bits per heavy atom. The van der Waals surface area contributed by atoms with Crippen molar-refractivity contribution in [3.63, 3.8) is 0 Å². The summed E-state index contributed by atoms with van der Waals surface area (Å²) in [6, 6.07) is 10.9. The van der Waals surface area contributed by atoms with E-state index in [1.807, 2.05) is 24.3 Å². The molecule has 0 aromatic heterocycles. The monoisotopic (exact) mass is 843 g/mol. The Morgan fingerprint density at radius 3 is 1.08 bits per heavy atom. The average Bonchev–Trinajstić information content (AvgIpc) is 3.25. The SMILES string of the molecule is CCCCCCCCCCCCCCCC(=O)Oc1cc(/C=C2\CCC/C(=C\c3ccc(OC)c(OC(=O)CCCCCCCCCCCCCCC)c3)C2=O)ccc1OC. The highest BCUT2D eigenvalue weighted by atomic mass is 16.6. The fraction of sp³-hybridized carbons (Fsp3) is 0.648. The molecule has 0 spiro atoms. The van der Waals surface area contributed by atoms with E-state index in [2.05, 4.69) is 13.8 Å². The van der Waals surface area contributed by atoms with Crippen LogP contribution in [0.3, 0.4) is 0 Å². The summed E-state index contributed by atoms with van der Waals surface area (Å²) >= 11 is 0. The average molecular weight is 843 g/mol. The fourth-order valence-corrected chi connectivity index (χ4v) is 8.23. The van der Waals surface area contributed by atoms with Crippen molar-refractivity contribution >= 4 is 29.9 Å². The van der Waals surface area contributed by atoms with E-state index in [0.29, 0.717) is 59.8 Å². The predicted octanol–water partition coefficient (Wildman–Crippen LogP) is 15.7. The first-order valence-electron chi connectivity index (χ1n) is 24.6. The second-order valence-electron chi connectivity index (χ2n) is 17.3. The molecule has 0 radical (unpaired) electrons. The summed E-state index contributed by atoms with van der Waals surface area (Å²) in [4.78, 5) is 39.4. The number of benzene rings is 2.